The minimum Gasteiger partial charge on any atom is -0.366 e. The standard InChI is InChI=1S/C23H27F3O.H3N/c1-2-27-22(23(24,25)26)15-13-21(14-16-22,17-19-9-5-3-6-10-19)18-20-11-7-4-8-12-20;/h3-12H,2,13-18H2,1H3;1H3. The summed E-state index contributed by atoms with van der Waals surface area (Å²) in [6.45, 7) is 1.73. The van der Waals surface area contributed by atoms with Gasteiger partial charge < -0.3 is 10.9 Å². The van der Waals surface area contributed by atoms with Crippen molar-refractivity contribution < 1.29 is 17.9 Å². The van der Waals surface area contributed by atoms with Crippen LogP contribution in [0.25, 0.3) is 0 Å². The first-order valence-electron chi connectivity index (χ1n) is 9.67. The number of hydrogen-bond acceptors (Lipinski definition) is 2. The lowest BCUT2D eigenvalue weighted by Crippen LogP contribution is -2.52. The molecule has 0 unspecified atom stereocenters. The first-order valence-corrected chi connectivity index (χ1v) is 9.67. The van der Waals surface area contributed by atoms with E-state index in [1.165, 1.54) is 11.1 Å². The lowest BCUT2D eigenvalue weighted by molar-refractivity contribution is -0.292. The van der Waals surface area contributed by atoms with E-state index in [1.54, 1.807) is 6.92 Å². The molecule has 0 heterocycles. The van der Waals surface area contributed by atoms with Crippen LogP contribution in [-0.4, -0.2) is 18.4 Å². The van der Waals surface area contributed by atoms with Gasteiger partial charge in [0.25, 0.3) is 0 Å². The highest BCUT2D eigenvalue weighted by atomic mass is 19.4. The molecule has 2 aromatic rings. The monoisotopic (exact) mass is 393 g/mol. The highest BCUT2D eigenvalue weighted by Crippen LogP contribution is 2.52. The average molecular weight is 393 g/mol. The number of hydrogen-bond donors (Lipinski definition) is 1. The van der Waals surface area contributed by atoms with Gasteiger partial charge in [0.05, 0.1) is 0 Å². The van der Waals surface area contributed by atoms with E-state index in [1.807, 2.05) is 36.4 Å². The smallest absolute Gasteiger partial charge is 0.366 e. The molecule has 1 saturated carbocycles. The summed E-state index contributed by atoms with van der Waals surface area (Å²) >= 11 is 0. The van der Waals surface area contributed by atoms with Crippen molar-refractivity contribution in [1.82, 2.24) is 6.15 Å². The molecule has 0 bridgehead atoms. The van der Waals surface area contributed by atoms with Crippen molar-refractivity contribution in [2.24, 2.45) is 5.41 Å². The Morgan fingerprint density at radius 2 is 1.21 bits per heavy atom. The molecule has 0 amide bonds. The fourth-order valence-corrected chi connectivity index (χ4v) is 4.44. The maximum Gasteiger partial charge on any atom is 0.417 e. The number of rotatable bonds is 6. The highest BCUT2D eigenvalue weighted by molar-refractivity contribution is 5.22. The van der Waals surface area contributed by atoms with Crippen LogP contribution < -0.4 is 6.15 Å². The zero-order valence-corrected chi connectivity index (χ0v) is 16.5. The topological polar surface area (TPSA) is 44.2 Å². The Morgan fingerprint density at radius 3 is 1.57 bits per heavy atom. The van der Waals surface area contributed by atoms with Crippen molar-refractivity contribution >= 4 is 0 Å². The van der Waals surface area contributed by atoms with Crippen LogP contribution in [0.5, 0.6) is 0 Å². The van der Waals surface area contributed by atoms with E-state index in [0.29, 0.717) is 12.8 Å². The molecule has 1 aliphatic carbocycles. The first kappa shape index (κ1) is 22.4. The number of ether oxygens (including phenoxy) is 1. The quantitative estimate of drug-likeness (QED) is 0.606. The molecule has 0 radical (unpaired) electrons. The summed E-state index contributed by atoms with van der Waals surface area (Å²) in [7, 11) is 0. The summed E-state index contributed by atoms with van der Waals surface area (Å²) in [5.41, 5.74) is 0.210. The van der Waals surface area contributed by atoms with E-state index in [4.69, 9.17) is 4.74 Å². The summed E-state index contributed by atoms with van der Waals surface area (Å²) in [4.78, 5) is 0. The van der Waals surface area contributed by atoms with Gasteiger partial charge in [0.15, 0.2) is 5.60 Å². The van der Waals surface area contributed by atoms with E-state index in [9.17, 15) is 13.2 Å². The van der Waals surface area contributed by atoms with E-state index < -0.39 is 11.8 Å². The van der Waals surface area contributed by atoms with Gasteiger partial charge in [-0.05, 0) is 62.0 Å². The van der Waals surface area contributed by atoms with Gasteiger partial charge in [0.2, 0.25) is 0 Å². The lowest BCUT2D eigenvalue weighted by Gasteiger charge is -2.47. The first-order chi connectivity index (χ1) is 12.9. The van der Waals surface area contributed by atoms with Crippen LogP contribution in [0.3, 0.4) is 0 Å². The molecule has 0 saturated heterocycles. The zero-order valence-electron chi connectivity index (χ0n) is 16.5. The number of alkyl halides is 3. The van der Waals surface area contributed by atoms with Gasteiger partial charge >= 0.3 is 6.18 Å². The fraction of sp³-hybridized carbons (Fsp3) is 0.478. The maximum atomic E-state index is 13.8. The molecular weight excluding hydrogens is 363 g/mol. The molecule has 0 atom stereocenters. The van der Waals surface area contributed by atoms with Crippen LogP contribution in [0.2, 0.25) is 0 Å². The summed E-state index contributed by atoms with van der Waals surface area (Å²) < 4.78 is 46.6. The van der Waals surface area contributed by atoms with Crippen molar-refractivity contribution in [2.45, 2.75) is 57.2 Å². The largest absolute Gasteiger partial charge is 0.417 e. The van der Waals surface area contributed by atoms with Gasteiger partial charge in [0.1, 0.15) is 0 Å². The SMILES string of the molecule is CCOC1(C(F)(F)F)CCC(Cc2ccccc2)(Cc2ccccc2)CC1.N. The van der Waals surface area contributed by atoms with Crippen LogP contribution >= 0.6 is 0 Å². The van der Waals surface area contributed by atoms with Gasteiger partial charge in [0, 0.05) is 6.61 Å². The molecule has 154 valence electrons. The lowest BCUT2D eigenvalue weighted by atomic mass is 9.63. The molecular formula is C23H30F3NO. The van der Waals surface area contributed by atoms with Crippen LogP contribution in [0.15, 0.2) is 60.7 Å². The summed E-state index contributed by atoms with van der Waals surface area (Å²) in [5, 5.41) is 0. The molecule has 3 rings (SSSR count). The predicted octanol–water partition coefficient (Wildman–Crippen LogP) is 6.53. The molecule has 0 aliphatic heterocycles. The predicted molar refractivity (Wildman–Crippen MR) is 107 cm³/mol. The van der Waals surface area contributed by atoms with E-state index >= 15 is 0 Å². The molecule has 1 aliphatic rings. The Hall–Kier alpha value is -1.85. The highest BCUT2D eigenvalue weighted by Gasteiger charge is 2.58. The summed E-state index contributed by atoms with van der Waals surface area (Å²) in [5.74, 6) is 0. The second-order valence-corrected chi connectivity index (χ2v) is 7.75. The molecule has 0 spiro atoms. The second-order valence-electron chi connectivity index (χ2n) is 7.75. The van der Waals surface area contributed by atoms with Crippen LogP contribution in [0.4, 0.5) is 13.2 Å². The Bertz CT molecular complexity index is 664. The van der Waals surface area contributed by atoms with Gasteiger partial charge in [-0.1, -0.05) is 60.7 Å². The Balaban J connectivity index is 0.00000280. The average Bonchev–Trinajstić information content (AvgIpc) is 2.65. The minimum absolute atomic E-state index is 0. The fourth-order valence-electron chi connectivity index (χ4n) is 4.44. The summed E-state index contributed by atoms with van der Waals surface area (Å²) in [6.07, 6.45) is -1.65. The van der Waals surface area contributed by atoms with Crippen molar-refractivity contribution in [2.75, 3.05) is 6.61 Å². The van der Waals surface area contributed by atoms with Gasteiger partial charge in [-0.2, -0.15) is 13.2 Å². The molecule has 2 nitrogen and oxygen atoms in total. The third kappa shape index (κ3) is 4.95. The zero-order chi connectivity index (χ0) is 19.4. The molecule has 3 N–H and O–H groups in total. The van der Waals surface area contributed by atoms with Gasteiger partial charge in [-0.3, -0.25) is 0 Å². The third-order valence-corrected chi connectivity index (χ3v) is 5.90. The molecule has 5 heteroatoms. The van der Waals surface area contributed by atoms with E-state index in [0.717, 1.165) is 12.8 Å². The molecule has 1 fully saturated rings. The van der Waals surface area contributed by atoms with Crippen LogP contribution in [0.1, 0.15) is 43.7 Å². The van der Waals surface area contributed by atoms with Crippen LogP contribution in [0, 0.1) is 5.41 Å². The Kier molecular flexibility index (Phi) is 7.29. The Morgan fingerprint density at radius 1 is 0.786 bits per heavy atom. The minimum atomic E-state index is -4.32. The Labute approximate surface area is 165 Å². The van der Waals surface area contributed by atoms with Crippen molar-refractivity contribution in [3.8, 4) is 0 Å². The van der Waals surface area contributed by atoms with Crippen molar-refractivity contribution in [3.05, 3.63) is 71.8 Å². The number of benzene rings is 2. The van der Waals surface area contributed by atoms with E-state index in [2.05, 4.69) is 24.3 Å². The van der Waals surface area contributed by atoms with Gasteiger partial charge in [-0.25, -0.2) is 0 Å². The normalized spacial score (nSPS) is 18.3. The van der Waals surface area contributed by atoms with Crippen LogP contribution in [-0.2, 0) is 17.6 Å². The molecule has 0 aromatic heterocycles. The second kappa shape index (κ2) is 9.10. The number of halogens is 3. The molecule has 28 heavy (non-hydrogen) atoms. The van der Waals surface area contributed by atoms with Crippen molar-refractivity contribution in [3.63, 3.8) is 0 Å². The van der Waals surface area contributed by atoms with E-state index in [-0.39, 0.29) is 31.0 Å². The molecule has 2 aromatic carbocycles. The third-order valence-electron chi connectivity index (χ3n) is 5.90. The summed E-state index contributed by atoms with van der Waals surface area (Å²) in [6, 6.07) is 20.2. The van der Waals surface area contributed by atoms with Gasteiger partial charge in [-0.15, -0.1) is 0 Å². The maximum absolute atomic E-state index is 13.8. The van der Waals surface area contributed by atoms with Crippen molar-refractivity contribution in [1.29, 1.82) is 0 Å².